The summed E-state index contributed by atoms with van der Waals surface area (Å²) in [6.45, 7) is 4.80. The van der Waals surface area contributed by atoms with E-state index in [4.69, 9.17) is 0 Å². The zero-order valence-corrected chi connectivity index (χ0v) is 19.4. The third-order valence-electron chi connectivity index (χ3n) is 5.12. The predicted octanol–water partition coefficient (Wildman–Crippen LogP) is 5.04. The Hall–Kier alpha value is -2.97. The molecule has 1 amide bonds. The minimum Gasteiger partial charge on any atom is -0.338 e. The van der Waals surface area contributed by atoms with E-state index < -0.39 is 0 Å². The standard InChI is InChI=1S/C24H22FN3O2S2/c1-3-27(14-17-7-5-4-6-8-17)21(29)15-32-24-26-19-11-12-31-22(19)23(30)28(24)20-10-9-18(25)13-16(20)2/h4-13H,3,14-15H2,1-2H3. The van der Waals surface area contributed by atoms with Gasteiger partial charge in [-0.25, -0.2) is 9.37 Å². The molecular formula is C24H22FN3O2S2. The SMILES string of the molecule is CCN(Cc1ccccc1)C(=O)CSc1nc2ccsc2c(=O)n1-c1ccc(F)cc1C. The second kappa shape index (κ2) is 9.67. The molecule has 2 heterocycles. The summed E-state index contributed by atoms with van der Waals surface area (Å²) >= 11 is 2.54. The van der Waals surface area contributed by atoms with Gasteiger partial charge in [-0.1, -0.05) is 42.1 Å². The number of halogens is 1. The van der Waals surface area contributed by atoms with Crippen molar-refractivity contribution in [1.82, 2.24) is 14.5 Å². The minimum absolute atomic E-state index is 0.0385. The molecule has 0 radical (unpaired) electrons. The quantitative estimate of drug-likeness (QED) is 0.282. The molecular weight excluding hydrogens is 445 g/mol. The van der Waals surface area contributed by atoms with Gasteiger partial charge in [0.2, 0.25) is 5.91 Å². The van der Waals surface area contributed by atoms with Crippen LogP contribution in [0.25, 0.3) is 15.9 Å². The number of fused-ring (bicyclic) bond motifs is 1. The largest absolute Gasteiger partial charge is 0.338 e. The summed E-state index contributed by atoms with van der Waals surface area (Å²) in [5, 5.41) is 2.24. The maximum atomic E-state index is 13.7. The number of aryl methyl sites for hydroxylation is 1. The molecule has 0 N–H and O–H groups in total. The van der Waals surface area contributed by atoms with Crippen molar-refractivity contribution < 1.29 is 9.18 Å². The molecule has 0 aliphatic heterocycles. The Kier molecular flexibility index (Phi) is 6.72. The van der Waals surface area contributed by atoms with Crippen molar-refractivity contribution in [2.45, 2.75) is 25.5 Å². The Balaban J connectivity index is 1.65. The van der Waals surface area contributed by atoms with Crippen LogP contribution < -0.4 is 5.56 Å². The number of rotatable bonds is 7. The highest BCUT2D eigenvalue weighted by atomic mass is 32.2. The van der Waals surface area contributed by atoms with Gasteiger partial charge in [-0.15, -0.1) is 11.3 Å². The lowest BCUT2D eigenvalue weighted by atomic mass is 10.2. The molecule has 5 nitrogen and oxygen atoms in total. The van der Waals surface area contributed by atoms with Crippen molar-refractivity contribution in [3.63, 3.8) is 0 Å². The van der Waals surface area contributed by atoms with Crippen LogP contribution in [0.3, 0.4) is 0 Å². The summed E-state index contributed by atoms with van der Waals surface area (Å²) in [6, 6.07) is 15.9. The van der Waals surface area contributed by atoms with E-state index in [9.17, 15) is 14.0 Å². The molecule has 2 aromatic heterocycles. The van der Waals surface area contributed by atoms with Gasteiger partial charge in [-0.3, -0.25) is 14.2 Å². The second-order valence-corrected chi connectivity index (χ2v) is 9.14. The molecule has 0 saturated heterocycles. The van der Waals surface area contributed by atoms with Crippen LogP contribution in [0.1, 0.15) is 18.1 Å². The summed E-state index contributed by atoms with van der Waals surface area (Å²) in [6.07, 6.45) is 0. The van der Waals surface area contributed by atoms with Gasteiger partial charge >= 0.3 is 0 Å². The molecule has 0 saturated carbocycles. The monoisotopic (exact) mass is 467 g/mol. The number of hydrogen-bond donors (Lipinski definition) is 0. The van der Waals surface area contributed by atoms with E-state index >= 15 is 0 Å². The molecule has 0 aliphatic rings. The summed E-state index contributed by atoms with van der Waals surface area (Å²) in [5.41, 5.74) is 2.63. The number of carbonyl (C=O) groups excluding carboxylic acids is 1. The first-order valence-corrected chi connectivity index (χ1v) is 12.1. The number of nitrogens with zero attached hydrogens (tertiary/aromatic N) is 3. The van der Waals surface area contributed by atoms with Gasteiger partial charge in [0.25, 0.3) is 5.56 Å². The average molecular weight is 468 g/mol. The third kappa shape index (κ3) is 4.61. The zero-order chi connectivity index (χ0) is 22.7. The van der Waals surface area contributed by atoms with Crippen LogP contribution in [0.2, 0.25) is 0 Å². The molecule has 164 valence electrons. The van der Waals surface area contributed by atoms with Crippen LogP contribution in [0.5, 0.6) is 0 Å². The molecule has 0 atom stereocenters. The highest BCUT2D eigenvalue weighted by Crippen LogP contribution is 2.25. The maximum absolute atomic E-state index is 13.7. The van der Waals surface area contributed by atoms with E-state index in [1.54, 1.807) is 24.0 Å². The van der Waals surface area contributed by atoms with Crippen LogP contribution in [-0.4, -0.2) is 32.7 Å². The third-order valence-corrected chi connectivity index (χ3v) is 6.94. The summed E-state index contributed by atoms with van der Waals surface area (Å²) in [7, 11) is 0. The molecule has 0 fully saturated rings. The van der Waals surface area contributed by atoms with Crippen molar-refractivity contribution in [3.8, 4) is 5.69 Å². The molecule has 4 aromatic rings. The molecule has 0 aliphatic carbocycles. The fourth-order valence-corrected chi connectivity index (χ4v) is 5.14. The maximum Gasteiger partial charge on any atom is 0.276 e. The molecule has 0 unspecified atom stereocenters. The van der Waals surface area contributed by atoms with Crippen molar-refractivity contribution in [3.05, 3.63) is 87.3 Å². The van der Waals surface area contributed by atoms with Crippen molar-refractivity contribution in [2.24, 2.45) is 0 Å². The lowest BCUT2D eigenvalue weighted by molar-refractivity contribution is -0.128. The highest BCUT2D eigenvalue weighted by Gasteiger charge is 2.19. The first-order chi connectivity index (χ1) is 15.5. The fourth-order valence-electron chi connectivity index (χ4n) is 3.47. The lowest BCUT2D eigenvalue weighted by Gasteiger charge is -2.21. The van der Waals surface area contributed by atoms with E-state index in [0.717, 1.165) is 5.56 Å². The average Bonchev–Trinajstić information content (AvgIpc) is 3.26. The van der Waals surface area contributed by atoms with Crippen molar-refractivity contribution >= 4 is 39.2 Å². The van der Waals surface area contributed by atoms with E-state index in [1.165, 1.54) is 39.8 Å². The topological polar surface area (TPSA) is 55.2 Å². The molecule has 2 aromatic carbocycles. The van der Waals surface area contributed by atoms with Gasteiger partial charge in [0.05, 0.1) is 17.0 Å². The van der Waals surface area contributed by atoms with Crippen molar-refractivity contribution in [2.75, 3.05) is 12.3 Å². The Morgan fingerprint density at radius 1 is 1.19 bits per heavy atom. The van der Waals surface area contributed by atoms with Gasteiger partial charge in [0.15, 0.2) is 5.16 Å². The highest BCUT2D eigenvalue weighted by molar-refractivity contribution is 7.99. The fraction of sp³-hybridized carbons (Fsp3) is 0.208. The van der Waals surface area contributed by atoms with Gasteiger partial charge in [-0.05, 0) is 54.6 Å². The Labute approximate surface area is 193 Å². The van der Waals surface area contributed by atoms with Gasteiger partial charge in [0.1, 0.15) is 10.5 Å². The smallest absolute Gasteiger partial charge is 0.276 e. The normalized spacial score (nSPS) is 11.1. The summed E-state index contributed by atoms with van der Waals surface area (Å²) in [5.74, 6) is -0.264. The Bertz CT molecular complexity index is 1320. The number of thioether (sulfide) groups is 1. The summed E-state index contributed by atoms with van der Waals surface area (Å²) in [4.78, 5) is 32.6. The van der Waals surface area contributed by atoms with Crippen LogP contribution in [0, 0.1) is 12.7 Å². The Morgan fingerprint density at radius 3 is 2.69 bits per heavy atom. The summed E-state index contributed by atoms with van der Waals surface area (Å²) < 4.78 is 15.7. The van der Waals surface area contributed by atoms with Crippen LogP contribution in [-0.2, 0) is 11.3 Å². The minimum atomic E-state index is -0.367. The van der Waals surface area contributed by atoms with Crippen LogP contribution >= 0.6 is 23.1 Å². The predicted molar refractivity (Wildman–Crippen MR) is 128 cm³/mol. The second-order valence-electron chi connectivity index (χ2n) is 7.28. The Morgan fingerprint density at radius 2 is 1.97 bits per heavy atom. The van der Waals surface area contributed by atoms with Crippen LogP contribution in [0.15, 0.2) is 69.9 Å². The lowest BCUT2D eigenvalue weighted by Crippen LogP contribution is -2.32. The van der Waals surface area contributed by atoms with E-state index in [0.29, 0.717) is 39.7 Å². The number of amides is 1. The zero-order valence-electron chi connectivity index (χ0n) is 17.7. The van der Waals surface area contributed by atoms with Gasteiger partial charge in [0, 0.05) is 13.1 Å². The van der Waals surface area contributed by atoms with Gasteiger partial charge in [-0.2, -0.15) is 0 Å². The molecule has 0 spiro atoms. The number of aromatic nitrogens is 2. The van der Waals surface area contributed by atoms with Gasteiger partial charge < -0.3 is 4.90 Å². The van der Waals surface area contributed by atoms with E-state index in [-0.39, 0.29) is 23.0 Å². The number of hydrogen-bond acceptors (Lipinski definition) is 5. The molecule has 32 heavy (non-hydrogen) atoms. The first kappa shape index (κ1) is 22.2. The number of carbonyl (C=O) groups is 1. The van der Waals surface area contributed by atoms with E-state index in [1.807, 2.05) is 42.6 Å². The van der Waals surface area contributed by atoms with Crippen molar-refractivity contribution in [1.29, 1.82) is 0 Å². The van der Waals surface area contributed by atoms with E-state index in [2.05, 4.69) is 4.98 Å². The first-order valence-electron chi connectivity index (χ1n) is 10.2. The number of thiophene rings is 1. The molecule has 4 rings (SSSR count). The number of benzene rings is 2. The molecule has 8 heteroatoms. The van der Waals surface area contributed by atoms with Crippen LogP contribution in [0.4, 0.5) is 4.39 Å². The molecule has 0 bridgehead atoms.